The second-order valence-electron chi connectivity index (χ2n) is 4.83. The Kier molecular flexibility index (Phi) is 3.67. The Morgan fingerprint density at radius 3 is 2.65 bits per heavy atom. The van der Waals surface area contributed by atoms with E-state index in [-0.39, 0.29) is 0 Å². The molecular formula is C14H19NO2. The first kappa shape index (κ1) is 12.0. The summed E-state index contributed by atoms with van der Waals surface area (Å²) < 4.78 is 0. The highest BCUT2D eigenvalue weighted by atomic mass is 16.4. The van der Waals surface area contributed by atoms with E-state index >= 15 is 0 Å². The zero-order valence-corrected chi connectivity index (χ0v) is 10.2. The number of hydrogen-bond acceptors (Lipinski definition) is 2. The van der Waals surface area contributed by atoms with Crippen LogP contribution in [0.5, 0.6) is 0 Å². The number of nitrogens with one attached hydrogen (secondary N) is 1. The van der Waals surface area contributed by atoms with E-state index in [1.807, 2.05) is 19.1 Å². The van der Waals surface area contributed by atoms with Gasteiger partial charge in [0.1, 0.15) is 0 Å². The van der Waals surface area contributed by atoms with Crippen LogP contribution >= 0.6 is 0 Å². The maximum atomic E-state index is 11.1. The quantitative estimate of drug-likeness (QED) is 0.840. The first-order valence-electron chi connectivity index (χ1n) is 6.27. The van der Waals surface area contributed by atoms with E-state index in [4.69, 9.17) is 5.11 Å². The maximum Gasteiger partial charge on any atom is 0.337 e. The van der Waals surface area contributed by atoms with Crippen LogP contribution < -0.4 is 5.32 Å². The van der Waals surface area contributed by atoms with Gasteiger partial charge < -0.3 is 10.4 Å². The lowest BCUT2D eigenvalue weighted by molar-refractivity contribution is 0.0698. The molecule has 1 saturated carbocycles. The van der Waals surface area contributed by atoms with Gasteiger partial charge in [0, 0.05) is 11.7 Å². The lowest BCUT2D eigenvalue weighted by Gasteiger charge is -2.24. The Balaban J connectivity index is 2.17. The average Bonchev–Trinajstić information content (AvgIpc) is 2.30. The Labute approximate surface area is 102 Å². The fourth-order valence-electron chi connectivity index (χ4n) is 2.43. The monoisotopic (exact) mass is 233 g/mol. The third kappa shape index (κ3) is 2.99. The minimum Gasteiger partial charge on any atom is -0.478 e. The van der Waals surface area contributed by atoms with E-state index < -0.39 is 5.97 Å². The van der Waals surface area contributed by atoms with Gasteiger partial charge in [-0.25, -0.2) is 4.79 Å². The summed E-state index contributed by atoms with van der Waals surface area (Å²) in [5.74, 6) is -0.858. The van der Waals surface area contributed by atoms with Gasteiger partial charge in [-0.1, -0.05) is 25.3 Å². The highest BCUT2D eigenvalue weighted by Gasteiger charge is 2.16. The third-order valence-electron chi connectivity index (χ3n) is 3.37. The van der Waals surface area contributed by atoms with Crippen molar-refractivity contribution >= 4 is 11.7 Å². The number of benzene rings is 1. The van der Waals surface area contributed by atoms with Crippen LogP contribution in [0.15, 0.2) is 18.2 Å². The number of aromatic carboxylic acids is 1. The minimum absolute atomic E-state index is 0.376. The molecule has 0 spiro atoms. The van der Waals surface area contributed by atoms with Crippen molar-refractivity contribution in [1.82, 2.24) is 0 Å². The van der Waals surface area contributed by atoms with Gasteiger partial charge in [-0.15, -0.1) is 0 Å². The zero-order valence-electron chi connectivity index (χ0n) is 10.2. The van der Waals surface area contributed by atoms with Crippen LogP contribution in [0.25, 0.3) is 0 Å². The number of hydrogen-bond donors (Lipinski definition) is 2. The molecule has 92 valence electrons. The standard InChI is InChI=1S/C14H19NO2/c1-10-7-8-12(14(16)17)13(9-10)15-11-5-3-2-4-6-11/h7-9,11,15H,2-6H2,1H3,(H,16,17). The van der Waals surface area contributed by atoms with E-state index in [0.717, 1.165) is 24.1 Å². The molecule has 0 heterocycles. The van der Waals surface area contributed by atoms with Crippen molar-refractivity contribution in [2.24, 2.45) is 0 Å². The second-order valence-corrected chi connectivity index (χ2v) is 4.83. The van der Waals surface area contributed by atoms with Crippen molar-refractivity contribution < 1.29 is 9.90 Å². The number of aryl methyl sites for hydroxylation is 1. The van der Waals surface area contributed by atoms with Crippen molar-refractivity contribution in [3.8, 4) is 0 Å². The number of carbonyl (C=O) groups is 1. The molecule has 1 aliphatic rings. The van der Waals surface area contributed by atoms with E-state index in [1.165, 1.54) is 19.3 Å². The molecule has 0 amide bonds. The summed E-state index contributed by atoms with van der Waals surface area (Å²) in [6.45, 7) is 1.98. The first-order valence-corrected chi connectivity index (χ1v) is 6.27. The van der Waals surface area contributed by atoms with Crippen molar-refractivity contribution in [3.63, 3.8) is 0 Å². The van der Waals surface area contributed by atoms with Gasteiger partial charge in [0.05, 0.1) is 5.56 Å². The van der Waals surface area contributed by atoms with E-state index in [2.05, 4.69) is 5.32 Å². The normalized spacial score (nSPS) is 16.8. The molecule has 0 atom stereocenters. The summed E-state index contributed by atoms with van der Waals surface area (Å²) in [6, 6.07) is 5.89. The summed E-state index contributed by atoms with van der Waals surface area (Å²) >= 11 is 0. The molecule has 0 unspecified atom stereocenters. The summed E-state index contributed by atoms with van der Waals surface area (Å²) in [4.78, 5) is 11.1. The van der Waals surface area contributed by atoms with E-state index in [9.17, 15) is 4.79 Å². The Hall–Kier alpha value is -1.51. The highest BCUT2D eigenvalue weighted by Crippen LogP contribution is 2.24. The molecule has 0 saturated heterocycles. The third-order valence-corrected chi connectivity index (χ3v) is 3.37. The molecule has 2 rings (SSSR count). The van der Waals surface area contributed by atoms with Gasteiger partial charge >= 0.3 is 5.97 Å². The summed E-state index contributed by atoms with van der Waals surface area (Å²) in [6.07, 6.45) is 6.08. The molecule has 0 bridgehead atoms. The predicted octanol–water partition coefficient (Wildman–Crippen LogP) is 3.44. The van der Waals surface area contributed by atoms with Gasteiger partial charge in [0.25, 0.3) is 0 Å². The van der Waals surface area contributed by atoms with Crippen LogP contribution in [-0.2, 0) is 0 Å². The minimum atomic E-state index is -0.858. The molecule has 2 N–H and O–H groups in total. The predicted molar refractivity (Wildman–Crippen MR) is 68.6 cm³/mol. The molecule has 3 heteroatoms. The first-order chi connectivity index (χ1) is 8.16. The van der Waals surface area contributed by atoms with Gasteiger partial charge in [-0.3, -0.25) is 0 Å². The summed E-state index contributed by atoms with van der Waals surface area (Å²) in [5, 5.41) is 12.5. The zero-order chi connectivity index (χ0) is 12.3. The Bertz CT molecular complexity index is 409. The van der Waals surface area contributed by atoms with Gasteiger partial charge in [0.15, 0.2) is 0 Å². The Morgan fingerprint density at radius 1 is 1.29 bits per heavy atom. The lowest BCUT2D eigenvalue weighted by atomic mass is 9.95. The maximum absolute atomic E-state index is 11.1. The summed E-state index contributed by atoms with van der Waals surface area (Å²) in [7, 11) is 0. The van der Waals surface area contributed by atoms with Crippen LogP contribution in [0.4, 0.5) is 5.69 Å². The molecule has 0 radical (unpaired) electrons. The molecule has 1 aromatic rings. The molecule has 17 heavy (non-hydrogen) atoms. The van der Waals surface area contributed by atoms with E-state index in [0.29, 0.717) is 11.6 Å². The molecule has 1 fully saturated rings. The topological polar surface area (TPSA) is 49.3 Å². The number of rotatable bonds is 3. The van der Waals surface area contributed by atoms with Crippen LogP contribution in [0.2, 0.25) is 0 Å². The molecule has 1 aromatic carbocycles. The number of carboxylic acid groups (broad SMARTS) is 1. The SMILES string of the molecule is Cc1ccc(C(=O)O)c(NC2CCCCC2)c1. The number of carboxylic acids is 1. The fraction of sp³-hybridized carbons (Fsp3) is 0.500. The smallest absolute Gasteiger partial charge is 0.337 e. The van der Waals surface area contributed by atoms with Crippen molar-refractivity contribution in [2.45, 2.75) is 45.1 Å². The molecular weight excluding hydrogens is 214 g/mol. The highest BCUT2D eigenvalue weighted by molar-refractivity contribution is 5.94. The lowest BCUT2D eigenvalue weighted by Crippen LogP contribution is -2.23. The number of anilines is 1. The van der Waals surface area contributed by atoms with Crippen LogP contribution in [-0.4, -0.2) is 17.1 Å². The molecule has 3 nitrogen and oxygen atoms in total. The molecule has 0 aromatic heterocycles. The van der Waals surface area contributed by atoms with Crippen molar-refractivity contribution in [1.29, 1.82) is 0 Å². The second kappa shape index (κ2) is 5.21. The van der Waals surface area contributed by atoms with Crippen LogP contribution in [0.3, 0.4) is 0 Å². The largest absolute Gasteiger partial charge is 0.478 e. The van der Waals surface area contributed by atoms with Gasteiger partial charge in [0.2, 0.25) is 0 Å². The van der Waals surface area contributed by atoms with E-state index in [1.54, 1.807) is 6.07 Å². The fourth-order valence-corrected chi connectivity index (χ4v) is 2.43. The summed E-state index contributed by atoms with van der Waals surface area (Å²) in [5.41, 5.74) is 2.24. The average molecular weight is 233 g/mol. The van der Waals surface area contributed by atoms with Crippen molar-refractivity contribution in [2.75, 3.05) is 5.32 Å². The van der Waals surface area contributed by atoms with Crippen LogP contribution in [0, 0.1) is 6.92 Å². The Morgan fingerprint density at radius 2 is 2.00 bits per heavy atom. The van der Waals surface area contributed by atoms with Gasteiger partial charge in [-0.2, -0.15) is 0 Å². The molecule has 1 aliphatic carbocycles. The van der Waals surface area contributed by atoms with Gasteiger partial charge in [-0.05, 0) is 37.5 Å². The molecule has 0 aliphatic heterocycles. The van der Waals surface area contributed by atoms with Crippen molar-refractivity contribution in [3.05, 3.63) is 29.3 Å². The van der Waals surface area contributed by atoms with Crippen LogP contribution in [0.1, 0.15) is 48.0 Å².